The predicted octanol–water partition coefficient (Wildman–Crippen LogP) is -6.18. The van der Waals surface area contributed by atoms with Gasteiger partial charge in [-0.3, -0.25) is 0 Å². The molecule has 0 aromatic heterocycles. The maximum atomic E-state index is 10.1. The average Bonchev–Trinajstić information content (AvgIpc) is 2.05. The monoisotopic (exact) mass is 302 g/mol. The molecule has 0 aliphatic heterocycles. The topological polar surface area (TPSA) is 55.3 Å². The molecule has 0 heterocycles. The summed E-state index contributed by atoms with van der Waals surface area (Å²) >= 11 is 0. The molecule has 0 amide bonds. The van der Waals surface area contributed by atoms with E-state index in [0.29, 0.717) is 5.75 Å². The molecule has 1 aromatic carbocycles. The molecule has 0 fully saturated rings. The van der Waals surface area contributed by atoms with Crippen LogP contribution in [0.2, 0.25) is 0 Å². The van der Waals surface area contributed by atoms with E-state index in [1.165, 1.54) is 0 Å². The molecule has 1 rings (SSSR count). The van der Waals surface area contributed by atoms with Gasteiger partial charge in [0, 0.05) is 0 Å². The summed E-state index contributed by atoms with van der Waals surface area (Å²) in [4.78, 5) is 20.3. The fourth-order valence-corrected chi connectivity index (χ4v) is 1.17. The Hall–Kier alpha value is 1.48. The molecule has 8 heteroatoms. The minimum atomic E-state index is -2.79. The molecule has 0 aliphatic rings. The first-order chi connectivity index (χ1) is 5.72. The van der Waals surface area contributed by atoms with Crippen LogP contribution in [0.3, 0.4) is 0 Å². The molecule has 0 saturated carbocycles. The molecule has 0 unspecified atom stereocenters. The maximum Gasteiger partial charge on any atom is 2.00 e. The third-order valence-electron chi connectivity index (χ3n) is 1.51. The van der Waals surface area contributed by atoms with Crippen LogP contribution in [0.4, 0.5) is 0 Å². The van der Waals surface area contributed by atoms with Gasteiger partial charge in [-0.05, 0) is 24.1 Å². The standard InChI is InChI=1S/C8H9O3P.2ClH.2Mg/c1-2-7-3-5-8(6-4-7)11-12(9)10;;;;/h3-6H,2H2,1H3;2*1H;;/q-2;;;2*+2/p-2. The molecule has 0 N–H and O–H groups in total. The molecule has 0 radical (unpaired) electrons. The number of aryl methyl sites for hydroxylation is 1. The molecule has 0 aliphatic carbocycles. The SMILES string of the molecule is CCc1ccc(OP([O-])[O-])cc1.[Cl-].[Cl-].[Mg+2].[Mg+2]. The number of halogens is 2. The van der Waals surface area contributed by atoms with E-state index < -0.39 is 8.60 Å². The molecule has 16 heavy (non-hydrogen) atoms. The second-order valence-electron chi connectivity index (χ2n) is 2.31. The zero-order valence-corrected chi connectivity index (χ0v) is 14.1. The van der Waals surface area contributed by atoms with Crippen molar-refractivity contribution in [3.63, 3.8) is 0 Å². The van der Waals surface area contributed by atoms with Crippen LogP contribution in [-0.4, -0.2) is 46.1 Å². The summed E-state index contributed by atoms with van der Waals surface area (Å²) in [5.41, 5.74) is 1.16. The fraction of sp³-hybridized carbons (Fsp3) is 0.250. The Morgan fingerprint density at radius 1 is 1.06 bits per heavy atom. The van der Waals surface area contributed by atoms with Crippen molar-refractivity contribution in [3.05, 3.63) is 29.8 Å². The van der Waals surface area contributed by atoms with E-state index in [4.69, 9.17) is 0 Å². The van der Waals surface area contributed by atoms with Gasteiger partial charge in [0.05, 0.1) is 0 Å². The second kappa shape index (κ2) is 14.5. The molecule has 82 valence electrons. The summed E-state index contributed by atoms with van der Waals surface area (Å²) in [7, 11) is -2.79. The van der Waals surface area contributed by atoms with E-state index in [2.05, 4.69) is 4.52 Å². The van der Waals surface area contributed by atoms with Crippen molar-refractivity contribution >= 4 is 54.7 Å². The normalized spacial score (nSPS) is 7.75. The number of hydrogen-bond donors (Lipinski definition) is 0. The maximum absolute atomic E-state index is 10.1. The van der Waals surface area contributed by atoms with Gasteiger partial charge in [-0.25, -0.2) is 0 Å². The van der Waals surface area contributed by atoms with Crippen LogP contribution in [0.1, 0.15) is 12.5 Å². The summed E-state index contributed by atoms with van der Waals surface area (Å²) in [5.74, 6) is 0.364. The van der Waals surface area contributed by atoms with Crippen LogP contribution in [0.15, 0.2) is 24.3 Å². The molecule has 0 spiro atoms. The molecule has 1 aromatic rings. The molecule has 0 saturated heterocycles. The Bertz CT molecular complexity index is 250. The Morgan fingerprint density at radius 2 is 1.50 bits per heavy atom. The smallest absolute Gasteiger partial charge is 1.00 e. The van der Waals surface area contributed by atoms with Crippen LogP contribution >= 0.6 is 8.60 Å². The first-order valence-electron chi connectivity index (χ1n) is 3.63. The first-order valence-corrected chi connectivity index (χ1v) is 4.73. The van der Waals surface area contributed by atoms with Gasteiger partial charge in [0.1, 0.15) is 5.75 Å². The largest absolute Gasteiger partial charge is 2.00 e. The van der Waals surface area contributed by atoms with Gasteiger partial charge in [-0.15, -0.1) is 0 Å². The number of hydrogen-bond acceptors (Lipinski definition) is 3. The summed E-state index contributed by atoms with van der Waals surface area (Å²) in [6.07, 6.45) is 0.934. The Morgan fingerprint density at radius 3 is 1.81 bits per heavy atom. The van der Waals surface area contributed by atoms with Gasteiger partial charge in [0.25, 0.3) is 0 Å². The van der Waals surface area contributed by atoms with Crippen LogP contribution in [-0.2, 0) is 6.42 Å². The van der Waals surface area contributed by atoms with E-state index in [1.54, 1.807) is 12.1 Å². The van der Waals surface area contributed by atoms with Gasteiger partial charge < -0.3 is 39.1 Å². The van der Waals surface area contributed by atoms with E-state index in [1.807, 2.05) is 19.1 Å². The third-order valence-corrected chi connectivity index (χ3v) is 1.87. The minimum Gasteiger partial charge on any atom is -1.00 e. The Kier molecular flexibility index (Phi) is 23.7. The van der Waals surface area contributed by atoms with Crippen molar-refractivity contribution < 1.29 is 39.1 Å². The zero-order valence-electron chi connectivity index (χ0n) is 8.86. The van der Waals surface area contributed by atoms with E-state index in [9.17, 15) is 9.79 Å². The molecule has 0 bridgehead atoms. The van der Waals surface area contributed by atoms with Crippen molar-refractivity contribution in [3.8, 4) is 5.75 Å². The van der Waals surface area contributed by atoms with Crippen molar-refractivity contribution in [2.45, 2.75) is 13.3 Å². The number of rotatable bonds is 3. The van der Waals surface area contributed by atoms with Gasteiger partial charge in [0.15, 0.2) is 0 Å². The summed E-state index contributed by atoms with van der Waals surface area (Å²) < 4.78 is 4.47. The van der Waals surface area contributed by atoms with E-state index >= 15 is 0 Å². The van der Waals surface area contributed by atoms with Crippen LogP contribution < -0.4 is 39.1 Å². The van der Waals surface area contributed by atoms with E-state index in [0.717, 1.165) is 12.0 Å². The average molecular weight is 304 g/mol. The van der Waals surface area contributed by atoms with Crippen molar-refractivity contribution in [2.24, 2.45) is 0 Å². The first kappa shape index (κ1) is 26.1. The summed E-state index contributed by atoms with van der Waals surface area (Å²) in [6, 6.07) is 6.97. The Balaban J connectivity index is -0.000000180. The third kappa shape index (κ3) is 10.6. The number of benzene rings is 1. The zero-order chi connectivity index (χ0) is 8.97. The second-order valence-corrected chi connectivity index (χ2v) is 2.94. The fourth-order valence-electron chi connectivity index (χ4n) is 0.872. The Labute approximate surface area is 141 Å². The summed E-state index contributed by atoms with van der Waals surface area (Å²) in [6.45, 7) is 2.03. The minimum absolute atomic E-state index is 0. The molecule has 0 atom stereocenters. The molecular formula is C8H9Cl2Mg2O3P. The van der Waals surface area contributed by atoms with Gasteiger partial charge in [0.2, 0.25) is 0 Å². The van der Waals surface area contributed by atoms with Crippen LogP contribution in [0.25, 0.3) is 0 Å². The summed E-state index contributed by atoms with van der Waals surface area (Å²) in [5, 5.41) is 0. The van der Waals surface area contributed by atoms with E-state index in [-0.39, 0.29) is 70.9 Å². The van der Waals surface area contributed by atoms with Gasteiger partial charge in [-0.2, -0.15) is 0 Å². The molecule has 3 nitrogen and oxygen atoms in total. The van der Waals surface area contributed by atoms with Crippen LogP contribution in [0, 0.1) is 0 Å². The van der Waals surface area contributed by atoms with Crippen LogP contribution in [0.5, 0.6) is 5.75 Å². The van der Waals surface area contributed by atoms with Crippen molar-refractivity contribution in [2.75, 3.05) is 0 Å². The molecular weight excluding hydrogens is 295 g/mol. The van der Waals surface area contributed by atoms with Crippen molar-refractivity contribution in [1.82, 2.24) is 0 Å². The quantitative estimate of drug-likeness (QED) is 0.412. The van der Waals surface area contributed by atoms with Gasteiger partial charge >= 0.3 is 46.1 Å². The predicted molar refractivity (Wildman–Crippen MR) is 54.9 cm³/mol. The van der Waals surface area contributed by atoms with Gasteiger partial charge in [-0.1, -0.05) is 27.7 Å². The van der Waals surface area contributed by atoms with Crippen molar-refractivity contribution in [1.29, 1.82) is 0 Å².